The van der Waals surface area contributed by atoms with Gasteiger partial charge in [-0.2, -0.15) is 0 Å². The van der Waals surface area contributed by atoms with Crippen LogP contribution in [-0.4, -0.2) is 39.1 Å². The number of allylic oxidation sites excluding steroid dienone is 1. The normalized spacial score (nSPS) is 28.2. The predicted octanol–water partition coefficient (Wildman–Crippen LogP) is 1.99. The maximum absolute atomic E-state index is 11.4. The fourth-order valence-electron chi connectivity index (χ4n) is 3.72. The minimum atomic E-state index is -0.956. The molecule has 1 aliphatic carbocycles. The fourth-order valence-corrected chi connectivity index (χ4v) is 3.72. The third kappa shape index (κ3) is 3.00. The summed E-state index contributed by atoms with van der Waals surface area (Å²) in [7, 11) is 0. The Labute approximate surface area is 151 Å². The molecule has 1 unspecified atom stereocenters. The number of rotatable bonds is 4. The molecule has 0 amide bonds. The number of hydrogen-bond acceptors (Lipinski definition) is 5. The van der Waals surface area contributed by atoms with E-state index in [9.17, 15) is 15.0 Å². The minimum absolute atomic E-state index is 0.203. The van der Waals surface area contributed by atoms with Gasteiger partial charge in [-0.15, -0.1) is 0 Å². The van der Waals surface area contributed by atoms with E-state index in [-0.39, 0.29) is 17.7 Å². The quantitative estimate of drug-likeness (QED) is 0.673. The van der Waals surface area contributed by atoms with Crippen LogP contribution >= 0.6 is 0 Å². The first-order valence-electron chi connectivity index (χ1n) is 8.86. The zero-order valence-corrected chi connectivity index (χ0v) is 14.3. The van der Waals surface area contributed by atoms with Crippen molar-refractivity contribution in [3.63, 3.8) is 0 Å². The SMILES string of the molecule is O=C(O)c1ccc2ccn(C3(NC4CCC(O)CC4)N=CC=CN3)c2c1. The zero-order valence-electron chi connectivity index (χ0n) is 14.3. The van der Waals surface area contributed by atoms with E-state index in [2.05, 4.69) is 15.6 Å². The maximum atomic E-state index is 11.4. The second-order valence-electron chi connectivity index (χ2n) is 6.87. The van der Waals surface area contributed by atoms with Crippen LogP contribution in [0.25, 0.3) is 10.9 Å². The molecule has 2 heterocycles. The van der Waals surface area contributed by atoms with Crippen molar-refractivity contribution in [3.05, 3.63) is 48.3 Å². The van der Waals surface area contributed by atoms with Gasteiger partial charge in [-0.1, -0.05) is 6.07 Å². The summed E-state index contributed by atoms with van der Waals surface area (Å²) in [6, 6.07) is 7.23. The molecule has 1 atom stereocenters. The number of carboxylic acid groups (broad SMARTS) is 1. The number of carbonyl (C=O) groups is 1. The molecule has 1 fully saturated rings. The average Bonchev–Trinajstić information content (AvgIpc) is 3.08. The van der Waals surface area contributed by atoms with Gasteiger partial charge in [0.15, 0.2) is 0 Å². The molecule has 7 nitrogen and oxygen atoms in total. The number of aromatic carboxylic acids is 1. The molecule has 0 radical (unpaired) electrons. The summed E-state index contributed by atoms with van der Waals surface area (Å²) in [6.45, 7) is 0. The zero-order chi connectivity index (χ0) is 18.1. The number of hydrogen-bond donors (Lipinski definition) is 4. The van der Waals surface area contributed by atoms with E-state index in [0.717, 1.165) is 36.6 Å². The Morgan fingerprint density at radius 3 is 2.77 bits per heavy atom. The van der Waals surface area contributed by atoms with Gasteiger partial charge < -0.3 is 15.5 Å². The van der Waals surface area contributed by atoms with Crippen LogP contribution in [0.15, 0.2) is 47.7 Å². The first kappa shape index (κ1) is 16.8. The van der Waals surface area contributed by atoms with Crippen molar-refractivity contribution in [2.24, 2.45) is 4.99 Å². The van der Waals surface area contributed by atoms with Gasteiger partial charge in [0.2, 0.25) is 0 Å². The maximum Gasteiger partial charge on any atom is 0.335 e. The van der Waals surface area contributed by atoms with E-state index in [1.165, 1.54) is 0 Å². The Morgan fingerprint density at radius 1 is 1.27 bits per heavy atom. The molecule has 26 heavy (non-hydrogen) atoms. The number of carboxylic acids is 1. The molecule has 1 aliphatic heterocycles. The molecular weight excluding hydrogens is 332 g/mol. The molecule has 4 N–H and O–H groups in total. The predicted molar refractivity (Wildman–Crippen MR) is 99.0 cm³/mol. The molecule has 2 aliphatic rings. The Morgan fingerprint density at radius 2 is 2.08 bits per heavy atom. The van der Waals surface area contributed by atoms with Gasteiger partial charge in [-0.25, -0.2) is 9.79 Å². The number of aliphatic hydroxyl groups excluding tert-OH is 1. The van der Waals surface area contributed by atoms with Crippen molar-refractivity contribution >= 4 is 23.1 Å². The number of nitrogens with zero attached hydrogens (tertiary/aromatic N) is 2. The van der Waals surface area contributed by atoms with E-state index >= 15 is 0 Å². The third-order valence-corrected chi connectivity index (χ3v) is 5.12. The van der Waals surface area contributed by atoms with Crippen molar-refractivity contribution in [2.45, 2.75) is 43.7 Å². The van der Waals surface area contributed by atoms with E-state index in [0.29, 0.717) is 0 Å². The third-order valence-electron chi connectivity index (χ3n) is 5.12. The highest BCUT2D eigenvalue weighted by molar-refractivity contribution is 5.93. The standard InChI is InChI=1S/C19H22N4O3/c24-16-6-4-15(5-7-16)22-19(20-9-1-10-21-19)23-11-8-13-2-3-14(18(25)26)12-17(13)23/h1-3,8-12,15-16,20,22,24H,4-7H2,(H,25,26). The number of aromatic nitrogens is 1. The molecule has 7 heteroatoms. The average molecular weight is 354 g/mol. The topological polar surface area (TPSA) is 98.9 Å². The second-order valence-corrected chi connectivity index (χ2v) is 6.87. The van der Waals surface area contributed by atoms with Crippen molar-refractivity contribution in [3.8, 4) is 0 Å². The van der Waals surface area contributed by atoms with E-state index in [1.54, 1.807) is 18.3 Å². The second kappa shape index (κ2) is 6.59. The van der Waals surface area contributed by atoms with Gasteiger partial charge >= 0.3 is 5.97 Å². The molecule has 136 valence electrons. The van der Waals surface area contributed by atoms with E-state index in [1.807, 2.05) is 35.2 Å². The fraction of sp³-hybridized carbons (Fsp3) is 0.368. The molecular formula is C19H22N4O3. The van der Waals surface area contributed by atoms with Crippen LogP contribution in [-0.2, 0) is 5.91 Å². The summed E-state index contributed by atoms with van der Waals surface area (Å²) in [5.41, 5.74) is 1.02. The molecule has 1 aromatic carbocycles. The Kier molecular flexibility index (Phi) is 4.26. The molecule has 0 bridgehead atoms. The van der Waals surface area contributed by atoms with Crippen molar-refractivity contribution in [2.75, 3.05) is 0 Å². The highest BCUT2D eigenvalue weighted by Gasteiger charge is 2.35. The van der Waals surface area contributed by atoms with Crippen LogP contribution < -0.4 is 10.6 Å². The van der Waals surface area contributed by atoms with Gasteiger partial charge in [-0.3, -0.25) is 9.88 Å². The smallest absolute Gasteiger partial charge is 0.335 e. The Balaban J connectivity index is 1.74. The molecule has 1 saturated carbocycles. The van der Waals surface area contributed by atoms with Crippen LogP contribution in [0.5, 0.6) is 0 Å². The Bertz CT molecular complexity index is 880. The van der Waals surface area contributed by atoms with Crippen molar-refractivity contribution in [1.29, 1.82) is 0 Å². The lowest BCUT2D eigenvalue weighted by atomic mass is 9.93. The number of benzene rings is 1. The molecule has 2 aromatic rings. The molecule has 0 saturated heterocycles. The van der Waals surface area contributed by atoms with Gasteiger partial charge in [-0.05, 0) is 55.3 Å². The lowest BCUT2D eigenvalue weighted by Crippen LogP contribution is -2.59. The molecule has 1 aromatic heterocycles. The Hall–Kier alpha value is -2.64. The summed E-state index contributed by atoms with van der Waals surface area (Å²) in [5, 5.41) is 26.9. The summed E-state index contributed by atoms with van der Waals surface area (Å²) in [5.74, 6) is -1.87. The highest BCUT2D eigenvalue weighted by atomic mass is 16.4. The van der Waals surface area contributed by atoms with Gasteiger partial charge in [0.1, 0.15) is 0 Å². The van der Waals surface area contributed by atoms with Crippen LogP contribution in [0, 0.1) is 0 Å². The van der Waals surface area contributed by atoms with Gasteiger partial charge in [0.05, 0.1) is 17.2 Å². The van der Waals surface area contributed by atoms with Crippen LogP contribution in [0.4, 0.5) is 0 Å². The number of aliphatic hydroxyl groups is 1. The minimum Gasteiger partial charge on any atom is -0.478 e. The lowest BCUT2D eigenvalue weighted by molar-refractivity contribution is 0.0697. The first-order valence-corrected chi connectivity index (χ1v) is 8.86. The molecule has 0 spiro atoms. The van der Waals surface area contributed by atoms with Crippen molar-refractivity contribution in [1.82, 2.24) is 15.2 Å². The van der Waals surface area contributed by atoms with Crippen LogP contribution in [0.1, 0.15) is 36.0 Å². The number of fused-ring (bicyclic) bond motifs is 1. The van der Waals surface area contributed by atoms with Crippen LogP contribution in [0.2, 0.25) is 0 Å². The van der Waals surface area contributed by atoms with E-state index < -0.39 is 11.9 Å². The van der Waals surface area contributed by atoms with Crippen molar-refractivity contribution < 1.29 is 15.0 Å². The lowest BCUT2D eigenvalue weighted by Gasteiger charge is -2.39. The van der Waals surface area contributed by atoms with Gasteiger partial charge in [0, 0.05) is 24.7 Å². The summed E-state index contributed by atoms with van der Waals surface area (Å²) in [4.78, 5) is 16.0. The largest absolute Gasteiger partial charge is 0.478 e. The number of nitrogens with one attached hydrogen (secondary N) is 2. The summed E-state index contributed by atoms with van der Waals surface area (Å²) in [6.07, 6.45) is 10.3. The summed E-state index contributed by atoms with van der Waals surface area (Å²) >= 11 is 0. The first-order chi connectivity index (χ1) is 12.6. The van der Waals surface area contributed by atoms with Gasteiger partial charge in [0.25, 0.3) is 5.91 Å². The van der Waals surface area contributed by atoms with Crippen LogP contribution in [0.3, 0.4) is 0 Å². The highest BCUT2D eigenvalue weighted by Crippen LogP contribution is 2.27. The number of aliphatic imine (C=N–C) groups is 1. The van der Waals surface area contributed by atoms with E-state index in [4.69, 9.17) is 0 Å². The molecule has 4 rings (SSSR count). The monoisotopic (exact) mass is 354 g/mol. The summed E-state index contributed by atoms with van der Waals surface area (Å²) < 4.78 is 1.93.